The number of nitro benzene ring substituents is 1. The summed E-state index contributed by atoms with van der Waals surface area (Å²) in [5, 5.41) is 12.5. The van der Waals surface area contributed by atoms with E-state index in [1.165, 1.54) is 24.3 Å². The van der Waals surface area contributed by atoms with Crippen molar-refractivity contribution < 1.29 is 28.5 Å². The summed E-state index contributed by atoms with van der Waals surface area (Å²) in [5.74, 6) is -3.91. The van der Waals surface area contributed by atoms with Crippen LogP contribution >= 0.6 is 0 Å². The third-order valence-corrected chi connectivity index (χ3v) is 6.42. The molecule has 1 aliphatic carbocycles. The van der Waals surface area contributed by atoms with E-state index in [1.54, 1.807) is 0 Å². The molecule has 2 aromatic carbocycles. The Bertz CT molecular complexity index is 1160. The Morgan fingerprint density at radius 2 is 1.59 bits per heavy atom. The van der Waals surface area contributed by atoms with Gasteiger partial charge < -0.3 is 0 Å². The number of fused-ring (bicyclic) bond motifs is 1. The van der Waals surface area contributed by atoms with Crippen molar-refractivity contribution in [1.29, 1.82) is 0 Å². The number of ketones is 1. The molecule has 1 saturated heterocycles. The Hall–Kier alpha value is -3.95. The molecule has 0 bridgehead atoms. The van der Waals surface area contributed by atoms with Crippen LogP contribution in [0.3, 0.4) is 0 Å². The summed E-state index contributed by atoms with van der Waals surface area (Å²) in [4.78, 5) is 63.1. The van der Waals surface area contributed by atoms with Gasteiger partial charge in [-0.3, -0.25) is 29.3 Å². The number of halogens is 1. The molecule has 0 spiro atoms. The van der Waals surface area contributed by atoms with Gasteiger partial charge in [-0.25, -0.2) is 9.40 Å². The summed E-state index contributed by atoms with van der Waals surface area (Å²) in [6.45, 7) is 1.36. The number of benzene rings is 2. The molecule has 0 unspecified atom stereocenters. The number of hydrogen-bond donors (Lipinski definition) is 0. The molecule has 2 aromatic rings. The highest BCUT2D eigenvalue weighted by Crippen LogP contribution is 2.41. The van der Waals surface area contributed by atoms with E-state index >= 15 is 0 Å². The molecular formula is C24H22FN3O6. The topological polar surface area (TPSA) is 118 Å². The van der Waals surface area contributed by atoms with Crippen molar-refractivity contribution in [1.82, 2.24) is 10.0 Å². The maximum atomic E-state index is 13.4. The van der Waals surface area contributed by atoms with Crippen LogP contribution in [0.25, 0.3) is 0 Å². The van der Waals surface area contributed by atoms with E-state index in [1.807, 2.05) is 6.92 Å². The van der Waals surface area contributed by atoms with Crippen LogP contribution in [0.2, 0.25) is 0 Å². The molecule has 2 fully saturated rings. The van der Waals surface area contributed by atoms with Crippen molar-refractivity contribution in [2.45, 2.75) is 26.2 Å². The molecule has 4 rings (SSSR count). The highest BCUT2D eigenvalue weighted by Gasteiger charge is 2.52. The molecule has 1 aliphatic heterocycles. The summed E-state index contributed by atoms with van der Waals surface area (Å²) in [7, 11) is 0. The Balaban J connectivity index is 1.68. The maximum absolute atomic E-state index is 13.4. The van der Waals surface area contributed by atoms with E-state index < -0.39 is 52.6 Å². The number of nitro groups is 1. The van der Waals surface area contributed by atoms with Crippen molar-refractivity contribution in [3.63, 3.8) is 0 Å². The van der Waals surface area contributed by atoms with Crippen molar-refractivity contribution in [3.8, 4) is 0 Å². The van der Waals surface area contributed by atoms with Gasteiger partial charge in [0.2, 0.25) is 0 Å². The minimum Gasteiger partial charge on any atom is -0.292 e. The number of non-ortho nitro benzene ring substituents is 1. The van der Waals surface area contributed by atoms with Crippen LogP contribution in [0.5, 0.6) is 0 Å². The summed E-state index contributed by atoms with van der Waals surface area (Å²) in [6, 6.07) is 9.36. The van der Waals surface area contributed by atoms with Gasteiger partial charge in [-0.2, -0.15) is 5.01 Å². The number of rotatable bonds is 6. The number of hydrazine groups is 1. The first-order valence-corrected chi connectivity index (χ1v) is 10.9. The molecule has 1 heterocycles. The lowest BCUT2D eigenvalue weighted by Crippen LogP contribution is -2.52. The van der Waals surface area contributed by atoms with E-state index in [2.05, 4.69) is 0 Å². The predicted molar refractivity (Wildman–Crippen MR) is 117 cm³/mol. The zero-order valence-electron chi connectivity index (χ0n) is 18.3. The van der Waals surface area contributed by atoms with Crippen molar-refractivity contribution in [3.05, 3.63) is 75.6 Å². The fourth-order valence-corrected chi connectivity index (χ4v) is 4.58. The number of imide groups is 1. The van der Waals surface area contributed by atoms with E-state index in [0.29, 0.717) is 12.8 Å². The first-order chi connectivity index (χ1) is 16.2. The lowest BCUT2D eigenvalue weighted by atomic mass is 9.76. The van der Waals surface area contributed by atoms with Crippen LogP contribution in [0.15, 0.2) is 48.5 Å². The molecule has 10 heteroatoms. The third-order valence-electron chi connectivity index (χ3n) is 6.42. The SMILES string of the molecule is C[C@@H]1CC[C@H]2C(=O)N(N(CC(=O)c3ccc(F)cc3)C(=O)c3ccc([N+](=O)[O-])cc3)C(=O)[C@H]2C1. The molecule has 1 saturated carbocycles. The molecule has 34 heavy (non-hydrogen) atoms. The molecule has 3 amide bonds. The fraction of sp³-hybridized carbons (Fsp3) is 0.333. The van der Waals surface area contributed by atoms with Crippen LogP contribution in [0.4, 0.5) is 10.1 Å². The fourth-order valence-electron chi connectivity index (χ4n) is 4.58. The van der Waals surface area contributed by atoms with Gasteiger partial charge in [0.1, 0.15) is 12.4 Å². The largest absolute Gasteiger partial charge is 0.292 e. The van der Waals surface area contributed by atoms with Crippen molar-refractivity contribution in [2.75, 3.05) is 6.54 Å². The van der Waals surface area contributed by atoms with E-state index in [9.17, 15) is 33.7 Å². The zero-order valence-corrected chi connectivity index (χ0v) is 18.3. The zero-order chi connectivity index (χ0) is 24.6. The quantitative estimate of drug-likeness (QED) is 0.278. The van der Waals surface area contributed by atoms with Gasteiger partial charge in [-0.1, -0.05) is 6.92 Å². The van der Waals surface area contributed by atoms with Gasteiger partial charge in [0.25, 0.3) is 23.4 Å². The van der Waals surface area contributed by atoms with Crippen LogP contribution in [0, 0.1) is 33.7 Å². The van der Waals surface area contributed by atoms with Gasteiger partial charge in [0, 0.05) is 23.3 Å². The molecule has 9 nitrogen and oxygen atoms in total. The summed E-state index contributed by atoms with van der Waals surface area (Å²) >= 11 is 0. The molecule has 0 radical (unpaired) electrons. The average molecular weight is 467 g/mol. The Labute approximate surface area is 194 Å². The predicted octanol–water partition coefficient (Wildman–Crippen LogP) is 3.40. The Kier molecular flexibility index (Phi) is 6.23. The van der Waals surface area contributed by atoms with E-state index in [0.717, 1.165) is 40.7 Å². The van der Waals surface area contributed by atoms with E-state index in [-0.39, 0.29) is 22.7 Å². The highest BCUT2D eigenvalue weighted by atomic mass is 19.1. The average Bonchev–Trinajstić information content (AvgIpc) is 3.06. The van der Waals surface area contributed by atoms with E-state index in [4.69, 9.17) is 0 Å². The highest BCUT2D eigenvalue weighted by molar-refractivity contribution is 6.09. The molecule has 0 N–H and O–H groups in total. The number of hydrogen-bond acceptors (Lipinski definition) is 6. The monoisotopic (exact) mass is 467 g/mol. The molecule has 3 atom stereocenters. The molecule has 176 valence electrons. The molecule has 2 aliphatic rings. The molecule has 0 aromatic heterocycles. The van der Waals surface area contributed by atoms with Gasteiger partial charge >= 0.3 is 0 Å². The van der Waals surface area contributed by atoms with Crippen LogP contribution < -0.4 is 0 Å². The second-order valence-electron chi connectivity index (χ2n) is 8.72. The van der Waals surface area contributed by atoms with Gasteiger partial charge in [0.05, 0.1) is 16.8 Å². The van der Waals surface area contributed by atoms with Crippen molar-refractivity contribution >= 4 is 29.2 Å². The first kappa shape index (κ1) is 23.2. The summed E-state index contributed by atoms with van der Waals surface area (Å²) in [5.41, 5.74) is -0.159. The first-order valence-electron chi connectivity index (χ1n) is 10.9. The normalized spacial score (nSPS) is 21.8. The minimum absolute atomic E-state index is 0.0265. The Morgan fingerprint density at radius 1 is 1.00 bits per heavy atom. The third kappa shape index (κ3) is 4.30. The van der Waals surface area contributed by atoms with Crippen LogP contribution in [-0.4, -0.2) is 45.0 Å². The van der Waals surface area contributed by atoms with Gasteiger partial charge in [-0.15, -0.1) is 0 Å². The van der Waals surface area contributed by atoms with Gasteiger partial charge in [0.15, 0.2) is 5.78 Å². The van der Waals surface area contributed by atoms with Crippen LogP contribution in [0.1, 0.15) is 46.9 Å². The second-order valence-corrected chi connectivity index (χ2v) is 8.72. The lowest BCUT2D eigenvalue weighted by Gasteiger charge is -2.30. The number of carbonyl (C=O) groups excluding carboxylic acids is 4. The van der Waals surface area contributed by atoms with Crippen molar-refractivity contribution in [2.24, 2.45) is 17.8 Å². The maximum Gasteiger partial charge on any atom is 0.273 e. The lowest BCUT2D eigenvalue weighted by molar-refractivity contribution is -0.384. The summed E-state index contributed by atoms with van der Waals surface area (Å²) in [6.07, 6.45) is 1.80. The smallest absolute Gasteiger partial charge is 0.273 e. The Morgan fingerprint density at radius 3 is 2.21 bits per heavy atom. The van der Waals surface area contributed by atoms with Crippen LogP contribution in [-0.2, 0) is 9.59 Å². The second kappa shape index (κ2) is 9.12. The van der Waals surface area contributed by atoms with Gasteiger partial charge in [-0.05, 0) is 61.6 Å². The number of carbonyl (C=O) groups is 4. The number of nitrogens with zero attached hydrogens (tertiary/aromatic N) is 3. The standard InChI is InChI=1S/C24H22FN3O6/c1-14-2-11-19-20(12-14)24(32)27(23(19)31)26(13-21(29)15-3-7-17(25)8-4-15)22(30)16-5-9-18(10-6-16)28(33)34/h3-10,14,19-20H,2,11-13H2,1H3/t14-,19-,20+/m1/s1. The number of amides is 3. The summed E-state index contributed by atoms with van der Waals surface area (Å²) < 4.78 is 13.3. The minimum atomic E-state index is -0.821. The molecular weight excluding hydrogens is 445 g/mol. The number of Topliss-reactive ketones (excluding diaryl/α,β-unsaturated/α-hetero) is 1.